The number of nitrogens with zero attached hydrogens (tertiary/aromatic N) is 2. The first-order valence-electron chi connectivity index (χ1n) is 7.42. The van der Waals surface area contributed by atoms with Crippen LogP contribution in [0.1, 0.15) is 5.69 Å². The Labute approximate surface area is 129 Å². The van der Waals surface area contributed by atoms with Gasteiger partial charge in [0.25, 0.3) is 0 Å². The molecule has 3 aromatic carbocycles. The van der Waals surface area contributed by atoms with Crippen LogP contribution in [0.5, 0.6) is 0 Å². The molecule has 0 spiro atoms. The van der Waals surface area contributed by atoms with Crippen LogP contribution in [0.3, 0.4) is 0 Å². The second kappa shape index (κ2) is 5.15. The van der Waals surface area contributed by atoms with E-state index in [-0.39, 0.29) is 0 Å². The number of aryl methyl sites for hydroxylation is 1. The van der Waals surface area contributed by atoms with E-state index in [1.54, 1.807) is 0 Å². The number of rotatable bonds is 2. The van der Waals surface area contributed by atoms with E-state index in [1.807, 2.05) is 23.9 Å². The molecule has 4 aromatic rings. The molecule has 0 atom stereocenters. The van der Waals surface area contributed by atoms with Crippen molar-refractivity contribution in [2.24, 2.45) is 0 Å². The first-order valence-corrected chi connectivity index (χ1v) is 7.42. The first kappa shape index (κ1) is 12.8. The zero-order valence-corrected chi connectivity index (χ0v) is 12.4. The van der Waals surface area contributed by atoms with Gasteiger partial charge in [-0.25, -0.2) is 4.68 Å². The van der Waals surface area contributed by atoms with Gasteiger partial charge in [0, 0.05) is 6.20 Å². The van der Waals surface area contributed by atoms with Gasteiger partial charge in [-0.3, -0.25) is 0 Å². The fourth-order valence-electron chi connectivity index (χ4n) is 2.85. The number of aromatic nitrogens is 2. The van der Waals surface area contributed by atoms with Crippen LogP contribution in [0.15, 0.2) is 79.0 Å². The molecule has 106 valence electrons. The molecule has 0 saturated carbocycles. The summed E-state index contributed by atoms with van der Waals surface area (Å²) in [5, 5.41) is 7.04. The number of hydrogen-bond acceptors (Lipinski definition) is 1. The lowest BCUT2D eigenvalue weighted by Crippen LogP contribution is -1.95. The summed E-state index contributed by atoms with van der Waals surface area (Å²) in [5.74, 6) is 0. The lowest BCUT2D eigenvalue weighted by molar-refractivity contribution is 0.863. The molecule has 2 heteroatoms. The standard InChI is InChI=1S/C20H16N2/c1-15-12-13-22(21-15)18-9-4-8-17(14-18)20-11-5-7-16-6-2-3-10-19(16)20/h2-14H,1H3. The summed E-state index contributed by atoms with van der Waals surface area (Å²) in [6, 6.07) is 25.5. The van der Waals surface area contributed by atoms with Gasteiger partial charge in [-0.2, -0.15) is 5.10 Å². The maximum absolute atomic E-state index is 4.49. The molecule has 22 heavy (non-hydrogen) atoms. The van der Waals surface area contributed by atoms with Crippen molar-refractivity contribution in [3.63, 3.8) is 0 Å². The second-order valence-electron chi connectivity index (χ2n) is 5.48. The molecular formula is C20H16N2. The Morgan fingerprint density at radius 3 is 2.50 bits per heavy atom. The molecule has 1 heterocycles. The third-order valence-electron chi connectivity index (χ3n) is 3.93. The van der Waals surface area contributed by atoms with Crippen LogP contribution in [0.2, 0.25) is 0 Å². The van der Waals surface area contributed by atoms with Crippen LogP contribution < -0.4 is 0 Å². The van der Waals surface area contributed by atoms with Gasteiger partial charge in [-0.15, -0.1) is 0 Å². The zero-order valence-electron chi connectivity index (χ0n) is 12.4. The smallest absolute Gasteiger partial charge is 0.0651 e. The zero-order chi connectivity index (χ0) is 14.9. The molecule has 0 aliphatic rings. The third kappa shape index (κ3) is 2.19. The van der Waals surface area contributed by atoms with Crippen LogP contribution in [-0.4, -0.2) is 9.78 Å². The van der Waals surface area contributed by atoms with Gasteiger partial charge in [-0.05, 0) is 47.0 Å². The normalized spacial score (nSPS) is 11.0. The minimum atomic E-state index is 1.02. The van der Waals surface area contributed by atoms with Gasteiger partial charge >= 0.3 is 0 Å². The Kier molecular flexibility index (Phi) is 3.01. The molecule has 0 amide bonds. The van der Waals surface area contributed by atoms with Crippen molar-refractivity contribution >= 4 is 10.8 Å². The monoisotopic (exact) mass is 284 g/mol. The highest BCUT2D eigenvalue weighted by Crippen LogP contribution is 2.29. The Morgan fingerprint density at radius 2 is 1.64 bits per heavy atom. The van der Waals surface area contributed by atoms with Gasteiger partial charge in [0.15, 0.2) is 0 Å². The maximum Gasteiger partial charge on any atom is 0.0651 e. The molecular weight excluding hydrogens is 268 g/mol. The summed E-state index contributed by atoms with van der Waals surface area (Å²) >= 11 is 0. The second-order valence-corrected chi connectivity index (χ2v) is 5.48. The van der Waals surface area contributed by atoms with E-state index in [2.05, 4.69) is 71.8 Å². The van der Waals surface area contributed by atoms with Crippen LogP contribution in [0.25, 0.3) is 27.6 Å². The van der Waals surface area contributed by atoms with Crippen LogP contribution >= 0.6 is 0 Å². The van der Waals surface area contributed by atoms with E-state index in [1.165, 1.54) is 21.9 Å². The Hall–Kier alpha value is -2.87. The maximum atomic E-state index is 4.49. The Bertz CT molecular complexity index is 945. The highest BCUT2D eigenvalue weighted by Gasteiger charge is 2.05. The fourth-order valence-corrected chi connectivity index (χ4v) is 2.85. The van der Waals surface area contributed by atoms with E-state index >= 15 is 0 Å². The summed E-state index contributed by atoms with van der Waals surface area (Å²) in [7, 11) is 0. The Balaban J connectivity index is 1.89. The quantitative estimate of drug-likeness (QED) is 0.506. The summed E-state index contributed by atoms with van der Waals surface area (Å²) in [6.45, 7) is 2.01. The van der Waals surface area contributed by atoms with Crippen molar-refractivity contribution in [3.8, 4) is 16.8 Å². The lowest BCUT2D eigenvalue weighted by Gasteiger charge is -2.09. The fraction of sp³-hybridized carbons (Fsp3) is 0.0500. The predicted molar refractivity (Wildman–Crippen MR) is 91.2 cm³/mol. The molecule has 0 fully saturated rings. The number of fused-ring (bicyclic) bond motifs is 1. The van der Waals surface area contributed by atoms with Crippen molar-refractivity contribution in [2.45, 2.75) is 6.92 Å². The molecule has 2 nitrogen and oxygen atoms in total. The molecule has 0 saturated heterocycles. The van der Waals surface area contributed by atoms with E-state index in [9.17, 15) is 0 Å². The van der Waals surface area contributed by atoms with E-state index < -0.39 is 0 Å². The van der Waals surface area contributed by atoms with Gasteiger partial charge in [0.1, 0.15) is 0 Å². The summed E-state index contributed by atoms with van der Waals surface area (Å²) in [5.41, 5.74) is 4.57. The predicted octanol–water partition coefficient (Wildman–Crippen LogP) is 5.00. The van der Waals surface area contributed by atoms with Crippen LogP contribution in [0, 0.1) is 6.92 Å². The molecule has 1 aromatic heterocycles. The summed E-state index contributed by atoms with van der Waals surface area (Å²) in [4.78, 5) is 0. The van der Waals surface area contributed by atoms with Gasteiger partial charge in [0.05, 0.1) is 11.4 Å². The molecule has 4 rings (SSSR count). The lowest BCUT2D eigenvalue weighted by atomic mass is 9.98. The highest BCUT2D eigenvalue weighted by atomic mass is 15.3. The van der Waals surface area contributed by atoms with Crippen molar-refractivity contribution in [2.75, 3.05) is 0 Å². The molecule has 0 unspecified atom stereocenters. The van der Waals surface area contributed by atoms with Gasteiger partial charge < -0.3 is 0 Å². The first-order chi connectivity index (χ1) is 10.8. The van der Waals surface area contributed by atoms with Crippen LogP contribution in [-0.2, 0) is 0 Å². The average molecular weight is 284 g/mol. The van der Waals surface area contributed by atoms with Gasteiger partial charge in [-0.1, -0.05) is 54.6 Å². The van der Waals surface area contributed by atoms with Crippen molar-refractivity contribution < 1.29 is 0 Å². The largest absolute Gasteiger partial charge is 0.241 e. The molecule has 0 N–H and O–H groups in total. The van der Waals surface area contributed by atoms with E-state index in [4.69, 9.17) is 0 Å². The van der Waals surface area contributed by atoms with Crippen molar-refractivity contribution in [3.05, 3.63) is 84.7 Å². The van der Waals surface area contributed by atoms with Crippen molar-refractivity contribution in [1.29, 1.82) is 0 Å². The van der Waals surface area contributed by atoms with E-state index in [0.29, 0.717) is 0 Å². The minimum Gasteiger partial charge on any atom is -0.241 e. The van der Waals surface area contributed by atoms with Gasteiger partial charge in [0.2, 0.25) is 0 Å². The molecule has 0 bridgehead atoms. The van der Waals surface area contributed by atoms with Crippen molar-refractivity contribution in [1.82, 2.24) is 9.78 Å². The Morgan fingerprint density at radius 1 is 0.818 bits per heavy atom. The molecule has 0 aliphatic heterocycles. The summed E-state index contributed by atoms with van der Waals surface area (Å²) in [6.07, 6.45) is 2.00. The number of hydrogen-bond donors (Lipinski definition) is 0. The number of benzene rings is 3. The highest BCUT2D eigenvalue weighted by molar-refractivity contribution is 5.96. The van der Waals surface area contributed by atoms with Crippen LogP contribution in [0.4, 0.5) is 0 Å². The topological polar surface area (TPSA) is 17.8 Å². The summed E-state index contributed by atoms with van der Waals surface area (Å²) < 4.78 is 1.92. The minimum absolute atomic E-state index is 1.02. The third-order valence-corrected chi connectivity index (χ3v) is 3.93. The average Bonchev–Trinajstić information content (AvgIpc) is 3.01. The molecule has 0 radical (unpaired) electrons. The van der Waals surface area contributed by atoms with E-state index in [0.717, 1.165) is 11.4 Å². The SMILES string of the molecule is Cc1ccn(-c2cccc(-c3cccc4ccccc34)c2)n1. The molecule has 0 aliphatic carbocycles.